The summed E-state index contributed by atoms with van der Waals surface area (Å²) < 4.78 is 12.6. The number of nitrogens with one attached hydrogen (secondary N) is 1. The van der Waals surface area contributed by atoms with Crippen molar-refractivity contribution in [2.75, 3.05) is 11.9 Å². The highest BCUT2D eigenvalue weighted by Gasteiger charge is 2.22. The van der Waals surface area contributed by atoms with Gasteiger partial charge in [-0.25, -0.2) is 9.59 Å². The maximum absolute atomic E-state index is 13.0. The van der Waals surface area contributed by atoms with Crippen molar-refractivity contribution in [2.24, 2.45) is 0 Å². The molecule has 0 radical (unpaired) electrons. The van der Waals surface area contributed by atoms with Crippen molar-refractivity contribution in [1.82, 2.24) is 9.78 Å². The van der Waals surface area contributed by atoms with Gasteiger partial charge in [0.15, 0.2) is 11.3 Å². The summed E-state index contributed by atoms with van der Waals surface area (Å²) in [5.41, 5.74) is -0.635. The summed E-state index contributed by atoms with van der Waals surface area (Å²) in [7, 11) is 0. The lowest BCUT2D eigenvalue weighted by molar-refractivity contribution is 0.0518. The Morgan fingerprint density at radius 3 is 2.49 bits per heavy atom. The summed E-state index contributed by atoms with van der Waals surface area (Å²) >= 11 is 6.66. The molecule has 4 rings (SSSR count). The number of rotatable bonds is 5. The highest BCUT2D eigenvalue weighted by Crippen LogP contribution is 2.28. The number of hydrogen-bond acceptors (Lipinski definition) is 7. The fourth-order valence-electron chi connectivity index (χ4n) is 3.28. The number of esters is 1. The maximum atomic E-state index is 13.0. The van der Waals surface area contributed by atoms with E-state index in [1.54, 1.807) is 43.3 Å². The van der Waals surface area contributed by atoms with E-state index in [9.17, 15) is 19.2 Å². The first-order valence-electron chi connectivity index (χ1n) is 10.3. The molecule has 0 atom stereocenters. The van der Waals surface area contributed by atoms with E-state index in [-0.39, 0.29) is 29.1 Å². The molecule has 4 aromatic rings. The lowest BCUT2D eigenvalue weighted by atomic mass is 10.1. The van der Waals surface area contributed by atoms with Gasteiger partial charge in [-0.05, 0) is 60.1 Å². The summed E-state index contributed by atoms with van der Waals surface area (Å²) in [6, 6.07) is 12.7. The zero-order valence-corrected chi connectivity index (χ0v) is 21.6. The zero-order valence-electron chi connectivity index (χ0n) is 18.4. The number of halogens is 2. The lowest BCUT2D eigenvalue weighted by Gasteiger charge is -2.12. The van der Waals surface area contributed by atoms with Gasteiger partial charge in [0, 0.05) is 15.9 Å². The van der Waals surface area contributed by atoms with Gasteiger partial charge in [0.2, 0.25) is 0 Å². The molecule has 1 N–H and O–H groups in total. The van der Waals surface area contributed by atoms with Crippen molar-refractivity contribution < 1.29 is 18.7 Å². The van der Waals surface area contributed by atoms with Gasteiger partial charge in [-0.3, -0.25) is 9.59 Å². The third kappa shape index (κ3) is 5.10. The molecule has 0 bridgehead atoms. The second-order valence-electron chi connectivity index (χ2n) is 7.42. The number of carbonyl (C=O) groups is 2. The largest absolute Gasteiger partial charge is 0.461 e. The van der Waals surface area contributed by atoms with Gasteiger partial charge in [0.25, 0.3) is 11.5 Å². The van der Waals surface area contributed by atoms with Crippen LogP contribution >= 0.6 is 31.9 Å². The maximum Gasteiger partial charge on any atom is 0.360 e. The highest BCUT2D eigenvalue weighted by molar-refractivity contribution is 9.11. The van der Waals surface area contributed by atoms with Gasteiger partial charge < -0.3 is 14.5 Å². The van der Waals surface area contributed by atoms with E-state index in [0.717, 1.165) is 16.3 Å². The van der Waals surface area contributed by atoms with Crippen LogP contribution in [0, 0.1) is 6.92 Å². The van der Waals surface area contributed by atoms with Gasteiger partial charge in [-0.15, -0.1) is 0 Å². The van der Waals surface area contributed by atoms with E-state index in [1.807, 2.05) is 6.92 Å². The van der Waals surface area contributed by atoms with Crippen molar-refractivity contribution in [3.8, 4) is 5.69 Å². The highest BCUT2D eigenvalue weighted by atomic mass is 79.9. The first kappa shape index (κ1) is 24.6. The molecule has 11 heteroatoms. The molecule has 0 unspecified atom stereocenters. The molecule has 0 fully saturated rings. The van der Waals surface area contributed by atoms with E-state index in [2.05, 4.69) is 42.3 Å². The minimum absolute atomic E-state index is 0.0512. The normalized spacial score (nSPS) is 10.9. The van der Waals surface area contributed by atoms with Gasteiger partial charge in [0.05, 0.1) is 22.5 Å². The average Bonchev–Trinajstić information content (AvgIpc) is 2.80. The summed E-state index contributed by atoms with van der Waals surface area (Å²) in [5, 5.41) is 7.05. The Bertz CT molecular complexity index is 1590. The summed E-state index contributed by atoms with van der Waals surface area (Å²) in [6.45, 7) is 3.56. The van der Waals surface area contributed by atoms with Crippen LogP contribution in [0.5, 0.6) is 0 Å². The topological polar surface area (TPSA) is 120 Å². The molecule has 178 valence electrons. The number of aryl methyl sites for hydroxylation is 1. The number of benzene rings is 2. The fraction of sp³-hybridized carbons (Fsp3) is 0.125. The molecule has 0 saturated carbocycles. The predicted molar refractivity (Wildman–Crippen MR) is 136 cm³/mol. The molecule has 1 amide bonds. The third-order valence-corrected chi connectivity index (χ3v) is 5.97. The first-order valence-corrected chi connectivity index (χ1v) is 11.9. The van der Waals surface area contributed by atoms with Crippen LogP contribution in [-0.4, -0.2) is 28.3 Å². The smallest absolute Gasteiger partial charge is 0.360 e. The van der Waals surface area contributed by atoms with E-state index >= 15 is 0 Å². The van der Waals surface area contributed by atoms with Crippen LogP contribution < -0.4 is 16.5 Å². The van der Waals surface area contributed by atoms with E-state index in [0.29, 0.717) is 20.0 Å². The third-order valence-electron chi connectivity index (χ3n) is 4.92. The number of carbonyl (C=O) groups excluding carboxylic acids is 2. The first-order chi connectivity index (χ1) is 16.7. The van der Waals surface area contributed by atoms with Crippen molar-refractivity contribution in [2.45, 2.75) is 13.8 Å². The molecule has 0 aliphatic rings. The van der Waals surface area contributed by atoms with Crippen LogP contribution in [0.4, 0.5) is 5.69 Å². The molecule has 2 aromatic carbocycles. The van der Waals surface area contributed by atoms with Crippen LogP contribution in [0.1, 0.15) is 33.3 Å². The molecule has 0 aliphatic carbocycles. The number of fused-ring (bicyclic) bond motifs is 1. The molecule has 0 spiro atoms. The Kier molecular flexibility index (Phi) is 6.99. The molecular weight excluding hydrogens is 586 g/mol. The fourth-order valence-corrected chi connectivity index (χ4v) is 4.62. The van der Waals surface area contributed by atoms with Crippen molar-refractivity contribution in [3.63, 3.8) is 0 Å². The predicted octanol–water partition coefficient (Wildman–Crippen LogP) is 4.60. The summed E-state index contributed by atoms with van der Waals surface area (Å²) in [6.07, 6.45) is 0. The number of nitrogens with zero attached hydrogens (tertiary/aromatic N) is 2. The Balaban J connectivity index is 1.78. The SMILES string of the molecule is CCOC(=O)c1nn(-c2ccc(C)cc2)c(=O)cc1NC(=O)c1cc2cc(Br)cc(Br)c2oc1=O. The van der Waals surface area contributed by atoms with Crippen molar-refractivity contribution >= 4 is 60.4 Å². The summed E-state index contributed by atoms with van der Waals surface area (Å²) in [4.78, 5) is 50.9. The van der Waals surface area contributed by atoms with Crippen LogP contribution in [-0.2, 0) is 4.74 Å². The Labute approximate surface area is 215 Å². The number of aromatic nitrogens is 2. The number of amides is 1. The van der Waals surface area contributed by atoms with E-state index in [1.165, 1.54) is 6.07 Å². The average molecular weight is 603 g/mol. The monoisotopic (exact) mass is 601 g/mol. The number of hydrogen-bond donors (Lipinski definition) is 1. The molecule has 9 nitrogen and oxygen atoms in total. The number of anilines is 1. The Morgan fingerprint density at radius 1 is 1.09 bits per heavy atom. The lowest BCUT2D eigenvalue weighted by Crippen LogP contribution is -2.28. The van der Waals surface area contributed by atoms with Gasteiger partial charge >= 0.3 is 11.6 Å². The second-order valence-corrected chi connectivity index (χ2v) is 9.19. The Hall–Kier alpha value is -3.57. The molecule has 0 saturated heterocycles. The minimum atomic E-state index is -0.892. The number of ether oxygens (including phenoxy) is 1. The molecule has 2 heterocycles. The molecule has 0 aliphatic heterocycles. The zero-order chi connectivity index (χ0) is 25.3. The Morgan fingerprint density at radius 2 is 1.80 bits per heavy atom. The van der Waals surface area contributed by atoms with Crippen molar-refractivity contribution in [3.05, 3.63) is 95.1 Å². The minimum Gasteiger partial charge on any atom is -0.461 e. The second kappa shape index (κ2) is 9.96. The molecular formula is C24H17Br2N3O6. The van der Waals surface area contributed by atoms with Crippen LogP contribution in [0.15, 0.2) is 71.5 Å². The van der Waals surface area contributed by atoms with Gasteiger partial charge in [0.1, 0.15) is 5.56 Å². The van der Waals surface area contributed by atoms with Gasteiger partial charge in [-0.1, -0.05) is 33.6 Å². The van der Waals surface area contributed by atoms with E-state index in [4.69, 9.17) is 9.15 Å². The molecule has 35 heavy (non-hydrogen) atoms. The molecule has 2 aromatic heterocycles. The van der Waals surface area contributed by atoms with Gasteiger partial charge in [-0.2, -0.15) is 9.78 Å². The standard InChI is InChI=1S/C24H17Br2N3O6/c1-3-34-24(33)20-18(11-19(30)29(28-20)15-6-4-12(2)5-7-15)27-22(31)16-9-13-8-14(25)10-17(26)21(13)35-23(16)32/h4-11H,3H2,1-2H3,(H,27,31). The van der Waals surface area contributed by atoms with E-state index < -0.39 is 23.1 Å². The van der Waals surface area contributed by atoms with Crippen LogP contribution in [0.25, 0.3) is 16.7 Å². The van der Waals surface area contributed by atoms with Crippen LogP contribution in [0.3, 0.4) is 0 Å². The quantitative estimate of drug-likeness (QED) is 0.262. The van der Waals surface area contributed by atoms with Crippen LogP contribution in [0.2, 0.25) is 0 Å². The van der Waals surface area contributed by atoms with Crippen molar-refractivity contribution in [1.29, 1.82) is 0 Å². The summed E-state index contributed by atoms with van der Waals surface area (Å²) in [5.74, 6) is -1.72.